The molecule has 3 heterocycles. The number of para-hydroxylation sites is 1. The number of ether oxygens (including phenoxy) is 3. The van der Waals surface area contributed by atoms with Crippen LogP contribution in [0.2, 0.25) is 0 Å². The smallest absolute Gasteiger partial charge is 0.223 e. The van der Waals surface area contributed by atoms with E-state index in [1.54, 1.807) is 28.3 Å². The standard InChI is InChI=1S/C34H42N4O5/c1-24(39)37-20-17-28-11-12-29(38(28)21-25-15-18-35-19-16-25)23-36(22-27-7-5-6-8-30(27)37)32(40)14-10-26-9-13-31(41-2)34(43-4)33(26)42-3/h5-9,13,15-16,18-19,28-29H,10-12,14,17,20-23H2,1-4H3. The van der Waals surface area contributed by atoms with Crippen molar-refractivity contribution in [2.75, 3.05) is 39.3 Å². The molecule has 0 saturated carbocycles. The first-order valence-corrected chi connectivity index (χ1v) is 15.0. The fraction of sp³-hybridized carbons (Fsp3) is 0.441. The molecule has 2 aliphatic rings. The predicted octanol–water partition coefficient (Wildman–Crippen LogP) is 4.86. The minimum Gasteiger partial charge on any atom is -0.493 e. The molecular formula is C34H42N4O5. The van der Waals surface area contributed by atoms with Gasteiger partial charge in [0.2, 0.25) is 17.6 Å². The lowest BCUT2D eigenvalue weighted by atomic mass is 10.0. The normalized spacial score (nSPS) is 18.9. The van der Waals surface area contributed by atoms with Crippen LogP contribution >= 0.6 is 0 Å². The summed E-state index contributed by atoms with van der Waals surface area (Å²) in [5.41, 5.74) is 3.95. The van der Waals surface area contributed by atoms with Crippen molar-refractivity contribution in [1.29, 1.82) is 0 Å². The number of carbonyl (C=O) groups is 2. The molecule has 2 unspecified atom stereocenters. The van der Waals surface area contributed by atoms with Crippen molar-refractivity contribution in [2.24, 2.45) is 0 Å². The highest BCUT2D eigenvalue weighted by atomic mass is 16.5. The molecule has 0 aliphatic carbocycles. The van der Waals surface area contributed by atoms with Crippen molar-refractivity contribution in [3.63, 3.8) is 0 Å². The topological polar surface area (TPSA) is 84.4 Å². The van der Waals surface area contributed by atoms with Crippen LogP contribution in [0, 0.1) is 0 Å². The Hall–Kier alpha value is -4.11. The van der Waals surface area contributed by atoms with E-state index in [0.29, 0.717) is 55.8 Å². The number of amides is 2. The van der Waals surface area contributed by atoms with Crippen molar-refractivity contribution >= 4 is 17.5 Å². The van der Waals surface area contributed by atoms with Gasteiger partial charge in [0.05, 0.1) is 21.3 Å². The zero-order valence-corrected chi connectivity index (χ0v) is 25.6. The summed E-state index contributed by atoms with van der Waals surface area (Å²) in [4.78, 5) is 37.6. The van der Waals surface area contributed by atoms with Crippen molar-refractivity contribution < 1.29 is 23.8 Å². The molecule has 2 aromatic carbocycles. The quantitative estimate of drug-likeness (QED) is 0.373. The van der Waals surface area contributed by atoms with Crippen molar-refractivity contribution in [1.82, 2.24) is 14.8 Å². The van der Waals surface area contributed by atoms with E-state index in [1.807, 2.05) is 58.6 Å². The minimum atomic E-state index is 0.0142. The van der Waals surface area contributed by atoms with E-state index in [2.05, 4.69) is 22.0 Å². The van der Waals surface area contributed by atoms with E-state index < -0.39 is 0 Å². The number of pyridine rings is 1. The molecule has 0 N–H and O–H groups in total. The zero-order valence-electron chi connectivity index (χ0n) is 25.6. The number of anilines is 1. The van der Waals surface area contributed by atoms with E-state index >= 15 is 0 Å². The molecule has 2 atom stereocenters. The maximum Gasteiger partial charge on any atom is 0.223 e. The molecule has 1 saturated heterocycles. The fourth-order valence-corrected chi connectivity index (χ4v) is 6.59. The van der Waals surface area contributed by atoms with Gasteiger partial charge in [0.1, 0.15) is 0 Å². The fourth-order valence-electron chi connectivity index (χ4n) is 6.59. The first-order chi connectivity index (χ1) is 20.9. The van der Waals surface area contributed by atoms with Gasteiger partial charge in [-0.25, -0.2) is 0 Å². The summed E-state index contributed by atoms with van der Waals surface area (Å²) in [6.07, 6.45) is 7.38. The molecule has 2 aliphatic heterocycles. The van der Waals surface area contributed by atoms with Gasteiger partial charge in [-0.3, -0.25) is 19.5 Å². The maximum absolute atomic E-state index is 14.1. The molecular weight excluding hydrogens is 544 g/mol. The van der Waals surface area contributed by atoms with Gasteiger partial charge in [-0.2, -0.15) is 0 Å². The SMILES string of the molecule is COc1ccc(CCC(=O)N2Cc3ccccc3N(C(C)=O)CCC3CCC(C2)N3Cc2ccncc2)c(OC)c1OC. The molecule has 0 spiro atoms. The second kappa shape index (κ2) is 13.9. The number of benzene rings is 2. The van der Waals surface area contributed by atoms with Gasteiger partial charge < -0.3 is 24.0 Å². The van der Waals surface area contributed by atoms with Gasteiger partial charge in [0, 0.05) is 69.7 Å². The van der Waals surface area contributed by atoms with Gasteiger partial charge in [-0.05, 0) is 66.6 Å². The second-order valence-corrected chi connectivity index (χ2v) is 11.3. The van der Waals surface area contributed by atoms with Gasteiger partial charge in [0.25, 0.3) is 0 Å². The zero-order chi connectivity index (χ0) is 30.3. The highest BCUT2D eigenvalue weighted by Gasteiger charge is 2.36. The van der Waals surface area contributed by atoms with Crippen LogP contribution in [0.1, 0.15) is 49.3 Å². The summed E-state index contributed by atoms with van der Waals surface area (Å²) in [6.45, 7) is 4.12. The van der Waals surface area contributed by atoms with E-state index in [4.69, 9.17) is 14.2 Å². The number of aromatic nitrogens is 1. The second-order valence-electron chi connectivity index (χ2n) is 11.3. The van der Waals surface area contributed by atoms with Crippen LogP contribution in [-0.4, -0.2) is 73.1 Å². The highest BCUT2D eigenvalue weighted by Crippen LogP contribution is 2.40. The summed E-state index contributed by atoms with van der Waals surface area (Å²) in [6, 6.07) is 16.4. The molecule has 2 bridgehead atoms. The molecule has 9 heteroatoms. The van der Waals surface area contributed by atoms with E-state index in [9.17, 15) is 9.59 Å². The van der Waals surface area contributed by atoms with Crippen molar-refractivity contribution in [3.8, 4) is 17.2 Å². The lowest BCUT2D eigenvalue weighted by Crippen LogP contribution is -2.45. The monoisotopic (exact) mass is 586 g/mol. The third-order valence-corrected chi connectivity index (χ3v) is 8.77. The van der Waals surface area contributed by atoms with Gasteiger partial charge >= 0.3 is 0 Å². The molecule has 1 aromatic heterocycles. The van der Waals surface area contributed by atoms with Crippen LogP contribution < -0.4 is 19.1 Å². The predicted molar refractivity (Wildman–Crippen MR) is 166 cm³/mol. The number of hydrogen-bond donors (Lipinski definition) is 0. The molecule has 228 valence electrons. The van der Waals surface area contributed by atoms with Crippen LogP contribution in [-0.2, 0) is 29.1 Å². The van der Waals surface area contributed by atoms with E-state index in [-0.39, 0.29) is 17.9 Å². The van der Waals surface area contributed by atoms with Crippen molar-refractivity contribution in [3.05, 3.63) is 77.6 Å². The first-order valence-electron chi connectivity index (χ1n) is 15.0. The summed E-state index contributed by atoms with van der Waals surface area (Å²) < 4.78 is 16.7. The van der Waals surface area contributed by atoms with Gasteiger partial charge in [0.15, 0.2) is 11.5 Å². The summed E-state index contributed by atoms with van der Waals surface area (Å²) >= 11 is 0. The van der Waals surface area contributed by atoms with Crippen LogP contribution in [0.15, 0.2) is 60.9 Å². The molecule has 1 fully saturated rings. The average Bonchev–Trinajstić information content (AvgIpc) is 3.38. The lowest BCUT2D eigenvalue weighted by Gasteiger charge is -2.34. The van der Waals surface area contributed by atoms with E-state index in [0.717, 1.165) is 42.6 Å². The first kappa shape index (κ1) is 30.4. The minimum absolute atomic E-state index is 0.0142. The summed E-state index contributed by atoms with van der Waals surface area (Å²) in [5.74, 6) is 1.76. The number of hydrogen-bond acceptors (Lipinski definition) is 7. The molecule has 9 nitrogen and oxygen atoms in total. The number of carbonyl (C=O) groups excluding carboxylic acids is 2. The number of nitrogens with zero attached hydrogens (tertiary/aromatic N) is 4. The Balaban J connectivity index is 1.45. The van der Waals surface area contributed by atoms with Crippen LogP contribution in [0.4, 0.5) is 5.69 Å². The number of rotatable bonds is 8. The Labute approximate surface area is 254 Å². The van der Waals surface area contributed by atoms with Gasteiger partial charge in [-0.1, -0.05) is 24.3 Å². The highest BCUT2D eigenvalue weighted by molar-refractivity contribution is 5.92. The molecule has 43 heavy (non-hydrogen) atoms. The molecule has 0 radical (unpaired) electrons. The number of fused-ring (bicyclic) bond motifs is 3. The Bertz CT molecular complexity index is 1420. The third-order valence-electron chi connectivity index (χ3n) is 8.77. The average molecular weight is 587 g/mol. The molecule has 2 amide bonds. The molecule has 5 rings (SSSR count). The third kappa shape index (κ3) is 6.77. The van der Waals surface area contributed by atoms with Crippen molar-refractivity contribution in [2.45, 2.75) is 64.2 Å². The molecule has 3 aromatic rings. The largest absolute Gasteiger partial charge is 0.493 e. The van der Waals surface area contributed by atoms with E-state index in [1.165, 1.54) is 5.56 Å². The van der Waals surface area contributed by atoms with Crippen LogP contribution in [0.5, 0.6) is 17.2 Å². The summed E-state index contributed by atoms with van der Waals surface area (Å²) in [7, 11) is 4.77. The Kier molecular flexibility index (Phi) is 9.82. The number of methoxy groups -OCH3 is 3. The lowest BCUT2D eigenvalue weighted by molar-refractivity contribution is -0.132. The van der Waals surface area contributed by atoms with Crippen LogP contribution in [0.3, 0.4) is 0 Å². The maximum atomic E-state index is 14.1. The summed E-state index contributed by atoms with van der Waals surface area (Å²) in [5, 5.41) is 0. The Morgan fingerprint density at radius 1 is 0.884 bits per heavy atom. The van der Waals surface area contributed by atoms with Crippen LogP contribution in [0.25, 0.3) is 0 Å². The Morgan fingerprint density at radius 2 is 1.63 bits per heavy atom. The van der Waals surface area contributed by atoms with Gasteiger partial charge in [-0.15, -0.1) is 0 Å². The Morgan fingerprint density at radius 3 is 2.35 bits per heavy atom. The number of aryl methyl sites for hydroxylation is 1.